The molecule has 2 amide bonds. The minimum absolute atomic E-state index is 0.0500. The average molecular weight is 498 g/mol. The second kappa shape index (κ2) is 10.1. The van der Waals surface area contributed by atoms with Crippen LogP contribution in [0.4, 0.5) is 14.5 Å². The zero-order valence-corrected chi connectivity index (χ0v) is 20.1. The Morgan fingerprint density at radius 1 is 1.11 bits per heavy atom. The molecule has 188 valence electrons. The topological polar surface area (TPSA) is 115 Å². The van der Waals surface area contributed by atoms with E-state index in [4.69, 9.17) is 4.74 Å². The zero-order valence-electron chi connectivity index (χ0n) is 20.1. The van der Waals surface area contributed by atoms with Gasteiger partial charge in [0.05, 0.1) is 30.9 Å². The molecule has 0 saturated carbocycles. The quantitative estimate of drug-likeness (QED) is 0.384. The van der Waals surface area contributed by atoms with Gasteiger partial charge in [-0.25, -0.2) is 18.3 Å². The Labute approximate surface area is 205 Å². The highest BCUT2D eigenvalue weighted by Gasteiger charge is 2.24. The zero-order chi connectivity index (χ0) is 26.0. The summed E-state index contributed by atoms with van der Waals surface area (Å²) in [5.74, 6) is -0.421. The molecule has 0 atom stereocenters. The molecule has 3 heterocycles. The Hall–Kier alpha value is -4.35. The number of benzene rings is 1. The third-order valence-electron chi connectivity index (χ3n) is 5.42. The summed E-state index contributed by atoms with van der Waals surface area (Å²) in [7, 11) is 3.04. The number of methoxy groups -OCH3 is 1. The monoisotopic (exact) mass is 497 g/mol. The molecule has 0 unspecified atom stereocenters. The van der Waals surface area contributed by atoms with Gasteiger partial charge in [-0.15, -0.1) is 0 Å². The van der Waals surface area contributed by atoms with Crippen molar-refractivity contribution in [3.05, 3.63) is 59.7 Å². The molecule has 4 rings (SSSR count). The number of hydrogen-bond acceptors (Lipinski definition) is 6. The van der Waals surface area contributed by atoms with Crippen LogP contribution < -0.4 is 15.4 Å². The number of halogens is 2. The predicted octanol–water partition coefficient (Wildman–Crippen LogP) is 3.71. The maximum atomic E-state index is 13.9. The fourth-order valence-electron chi connectivity index (χ4n) is 3.66. The third-order valence-corrected chi connectivity index (χ3v) is 5.42. The Kier molecular flexibility index (Phi) is 6.95. The number of hydrogen-bond donors (Lipinski definition) is 2. The van der Waals surface area contributed by atoms with Crippen LogP contribution in [0.3, 0.4) is 0 Å². The summed E-state index contributed by atoms with van der Waals surface area (Å²) < 4.78 is 35.5. The van der Waals surface area contributed by atoms with Crippen molar-refractivity contribution in [2.75, 3.05) is 19.0 Å². The first-order chi connectivity index (χ1) is 17.2. The highest BCUT2D eigenvalue weighted by molar-refractivity contribution is 6.11. The maximum absolute atomic E-state index is 13.9. The van der Waals surface area contributed by atoms with Crippen LogP contribution in [-0.4, -0.2) is 49.8 Å². The number of anilines is 1. The average Bonchev–Trinajstić information content (AvgIpc) is 3.45. The number of amides is 2. The Morgan fingerprint density at radius 2 is 1.86 bits per heavy atom. The molecule has 0 radical (unpaired) electrons. The second-order valence-electron chi connectivity index (χ2n) is 8.45. The summed E-state index contributed by atoms with van der Waals surface area (Å²) in [4.78, 5) is 30.3. The van der Waals surface area contributed by atoms with E-state index in [0.717, 1.165) is 10.7 Å². The molecule has 10 nitrogen and oxygen atoms in total. The second-order valence-corrected chi connectivity index (χ2v) is 8.45. The summed E-state index contributed by atoms with van der Waals surface area (Å²) in [6.45, 7) is 4.35. The number of rotatable bonds is 8. The number of fused-ring (bicyclic) bond motifs is 1. The molecule has 0 saturated heterocycles. The van der Waals surface area contributed by atoms with Crippen molar-refractivity contribution < 1.29 is 23.1 Å². The molecule has 0 aliphatic heterocycles. The largest absolute Gasteiger partial charge is 0.496 e. The van der Waals surface area contributed by atoms with Gasteiger partial charge in [0.25, 0.3) is 18.2 Å². The van der Waals surface area contributed by atoms with Gasteiger partial charge in [-0.05, 0) is 24.1 Å². The summed E-state index contributed by atoms with van der Waals surface area (Å²) in [5.41, 5.74) is 0.435. The number of para-hydroxylation sites is 1. The van der Waals surface area contributed by atoms with Crippen molar-refractivity contribution in [3.8, 4) is 17.0 Å². The molecule has 0 spiro atoms. The number of alkyl halides is 2. The lowest BCUT2D eigenvalue weighted by atomic mass is 10.1. The normalized spacial score (nSPS) is 11.3. The van der Waals surface area contributed by atoms with Gasteiger partial charge in [0.2, 0.25) is 0 Å². The molecule has 1 aromatic carbocycles. The fraction of sp³-hybridized carbons (Fsp3) is 0.292. The molecule has 0 fully saturated rings. The molecule has 0 bridgehead atoms. The van der Waals surface area contributed by atoms with E-state index in [-0.39, 0.29) is 34.2 Å². The molecular weight excluding hydrogens is 472 g/mol. The SMILES string of the molecule is COc1ccccc1-c1cc(C(F)F)n2ncc(C(=O)Nc3cnn(C)c3C(=O)NCC(C)C)c2n1. The number of nitrogens with zero attached hydrogens (tertiary/aromatic N) is 5. The summed E-state index contributed by atoms with van der Waals surface area (Å²) in [5, 5.41) is 13.5. The van der Waals surface area contributed by atoms with Crippen LogP contribution >= 0.6 is 0 Å². The van der Waals surface area contributed by atoms with Gasteiger partial charge >= 0.3 is 0 Å². The molecule has 4 aromatic rings. The first-order valence-corrected chi connectivity index (χ1v) is 11.1. The lowest BCUT2D eigenvalue weighted by molar-refractivity contribution is 0.0940. The minimum Gasteiger partial charge on any atom is -0.496 e. The van der Waals surface area contributed by atoms with Crippen LogP contribution in [0, 0.1) is 5.92 Å². The van der Waals surface area contributed by atoms with E-state index in [2.05, 4.69) is 25.8 Å². The van der Waals surface area contributed by atoms with Crippen molar-refractivity contribution >= 4 is 23.1 Å². The van der Waals surface area contributed by atoms with E-state index in [1.807, 2.05) is 13.8 Å². The van der Waals surface area contributed by atoms with Crippen molar-refractivity contribution in [2.24, 2.45) is 13.0 Å². The highest BCUT2D eigenvalue weighted by atomic mass is 19.3. The number of ether oxygens (including phenoxy) is 1. The van der Waals surface area contributed by atoms with Crippen LogP contribution in [0.1, 0.15) is 46.8 Å². The number of aromatic nitrogens is 5. The van der Waals surface area contributed by atoms with Gasteiger partial charge in [0.1, 0.15) is 22.7 Å². The summed E-state index contributed by atoms with van der Waals surface area (Å²) in [6, 6.07) is 8.05. The first-order valence-electron chi connectivity index (χ1n) is 11.1. The Balaban J connectivity index is 1.74. The van der Waals surface area contributed by atoms with Gasteiger partial charge in [-0.2, -0.15) is 10.2 Å². The molecule has 2 N–H and O–H groups in total. The van der Waals surface area contributed by atoms with Crippen LogP contribution in [0.2, 0.25) is 0 Å². The number of carbonyl (C=O) groups excluding carboxylic acids is 2. The summed E-state index contributed by atoms with van der Waals surface area (Å²) in [6.07, 6.45) is -0.384. The number of aryl methyl sites for hydroxylation is 1. The molecule has 36 heavy (non-hydrogen) atoms. The number of carbonyl (C=O) groups is 2. The molecule has 3 aromatic heterocycles. The first kappa shape index (κ1) is 24.8. The van der Waals surface area contributed by atoms with E-state index in [0.29, 0.717) is 17.9 Å². The predicted molar refractivity (Wildman–Crippen MR) is 128 cm³/mol. The van der Waals surface area contributed by atoms with Crippen LogP contribution in [0.5, 0.6) is 5.75 Å². The van der Waals surface area contributed by atoms with Crippen molar-refractivity contribution in [2.45, 2.75) is 20.3 Å². The molecule has 0 aliphatic rings. The van der Waals surface area contributed by atoms with Crippen LogP contribution in [-0.2, 0) is 7.05 Å². The third kappa shape index (κ3) is 4.74. The maximum Gasteiger partial charge on any atom is 0.280 e. The van der Waals surface area contributed by atoms with Gasteiger partial charge in [-0.3, -0.25) is 14.3 Å². The van der Waals surface area contributed by atoms with Crippen LogP contribution in [0.15, 0.2) is 42.7 Å². The Bertz CT molecular complexity index is 1430. The fourth-order valence-corrected chi connectivity index (χ4v) is 3.66. The van der Waals surface area contributed by atoms with Crippen molar-refractivity contribution in [1.82, 2.24) is 29.7 Å². The van der Waals surface area contributed by atoms with Gasteiger partial charge in [0.15, 0.2) is 5.65 Å². The lowest BCUT2D eigenvalue weighted by Gasteiger charge is -2.12. The summed E-state index contributed by atoms with van der Waals surface area (Å²) >= 11 is 0. The standard InChI is InChI=1S/C24H25F2N7O3/c1-13(2)10-27-24(35)20-17(12-28-32(20)3)31-23(34)15-11-29-33-18(21(25)26)9-16(30-22(15)33)14-7-5-6-8-19(14)36-4/h5-9,11-13,21H,10H2,1-4H3,(H,27,35)(H,31,34). The van der Waals surface area contributed by atoms with E-state index in [1.54, 1.807) is 31.3 Å². The van der Waals surface area contributed by atoms with Crippen molar-refractivity contribution in [3.63, 3.8) is 0 Å². The minimum atomic E-state index is -2.88. The highest BCUT2D eigenvalue weighted by Crippen LogP contribution is 2.32. The van der Waals surface area contributed by atoms with Crippen LogP contribution in [0.25, 0.3) is 16.9 Å². The number of nitrogens with one attached hydrogen (secondary N) is 2. The van der Waals surface area contributed by atoms with E-state index in [1.165, 1.54) is 24.1 Å². The molecule has 0 aliphatic carbocycles. The van der Waals surface area contributed by atoms with E-state index < -0.39 is 23.9 Å². The van der Waals surface area contributed by atoms with Gasteiger partial charge in [-0.1, -0.05) is 26.0 Å². The van der Waals surface area contributed by atoms with Crippen molar-refractivity contribution in [1.29, 1.82) is 0 Å². The smallest absolute Gasteiger partial charge is 0.280 e. The molecular formula is C24H25F2N7O3. The van der Waals surface area contributed by atoms with Gasteiger partial charge in [0, 0.05) is 19.2 Å². The lowest BCUT2D eigenvalue weighted by Crippen LogP contribution is -2.30. The van der Waals surface area contributed by atoms with E-state index in [9.17, 15) is 18.4 Å². The van der Waals surface area contributed by atoms with Gasteiger partial charge < -0.3 is 15.4 Å². The Morgan fingerprint density at radius 3 is 2.56 bits per heavy atom. The van der Waals surface area contributed by atoms with E-state index >= 15 is 0 Å². The molecule has 12 heteroatoms.